The molecule has 0 unspecified atom stereocenters. The van der Waals surface area contributed by atoms with Crippen molar-refractivity contribution in [1.29, 1.82) is 5.26 Å². The molecule has 0 atom stereocenters. The molecule has 4 nitrogen and oxygen atoms in total. The Morgan fingerprint density at radius 3 is 2.81 bits per heavy atom. The van der Waals surface area contributed by atoms with E-state index < -0.39 is 0 Å². The van der Waals surface area contributed by atoms with Gasteiger partial charge in [0, 0.05) is 0 Å². The van der Waals surface area contributed by atoms with Crippen molar-refractivity contribution in [2.75, 3.05) is 5.73 Å². The summed E-state index contributed by atoms with van der Waals surface area (Å²) >= 11 is 0. The van der Waals surface area contributed by atoms with Gasteiger partial charge in [-0.1, -0.05) is 18.2 Å². The van der Waals surface area contributed by atoms with Gasteiger partial charge in [-0.05, 0) is 18.6 Å². The maximum Gasteiger partial charge on any atom is 0.0995 e. The van der Waals surface area contributed by atoms with E-state index in [0.717, 1.165) is 11.3 Å². The molecule has 1 aromatic carbocycles. The second kappa shape index (κ2) is 4.07. The van der Waals surface area contributed by atoms with E-state index in [4.69, 9.17) is 11.0 Å². The third kappa shape index (κ3) is 1.75. The van der Waals surface area contributed by atoms with Crippen LogP contribution < -0.4 is 5.73 Å². The van der Waals surface area contributed by atoms with Crippen LogP contribution in [0, 0.1) is 18.3 Å². The first-order valence-electron chi connectivity index (χ1n) is 4.98. The predicted molar refractivity (Wildman–Crippen MR) is 61.6 cm³/mol. The van der Waals surface area contributed by atoms with Gasteiger partial charge in [-0.2, -0.15) is 10.4 Å². The summed E-state index contributed by atoms with van der Waals surface area (Å²) in [5.74, 6) is 0. The fraction of sp³-hybridized carbons (Fsp3) is 0.167. The number of nitriles is 1. The highest BCUT2D eigenvalue weighted by Gasteiger charge is 2.06. The van der Waals surface area contributed by atoms with Crippen LogP contribution in [0.25, 0.3) is 0 Å². The second-order valence-corrected chi connectivity index (χ2v) is 3.61. The monoisotopic (exact) mass is 212 g/mol. The lowest BCUT2D eigenvalue weighted by atomic mass is 10.1. The molecule has 2 N–H and O–H groups in total. The van der Waals surface area contributed by atoms with Crippen molar-refractivity contribution in [2.24, 2.45) is 0 Å². The van der Waals surface area contributed by atoms with Crippen LogP contribution >= 0.6 is 0 Å². The number of rotatable bonds is 2. The highest BCUT2D eigenvalue weighted by molar-refractivity contribution is 5.41. The SMILES string of the molecule is Cc1c(N)cnn1Cc1ccccc1C#N. The molecule has 4 heteroatoms. The van der Waals surface area contributed by atoms with E-state index in [2.05, 4.69) is 11.2 Å². The van der Waals surface area contributed by atoms with E-state index in [0.29, 0.717) is 17.8 Å². The van der Waals surface area contributed by atoms with Crippen LogP contribution in [0.1, 0.15) is 16.8 Å². The quantitative estimate of drug-likeness (QED) is 0.823. The fourth-order valence-electron chi connectivity index (χ4n) is 1.55. The molecule has 0 saturated heterocycles. The Labute approximate surface area is 93.9 Å². The summed E-state index contributed by atoms with van der Waals surface area (Å²) in [6.07, 6.45) is 1.63. The van der Waals surface area contributed by atoms with Crippen molar-refractivity contribution in [3.8, 4) is 6.07 Å². The van der Waals surface area contributed by atoms with Crippen LogP contribution in [-0.2, 0) is 6.54 Å². The van der Waals surface area contributed by atoms with E-state index in [1.165, 1.54) is 0 Å². The van der Waals surface area contributed by atoms with Crippen molar-refractivity contribution in [1.82, 2.24) is 9.78 Å². The minimum atomic E-state index is 0.576. The molecule has 0 radical (unpaired) electrons. The number of nitrogens with two attached hydrogens (primary N) is 1. The summed E-state index contributed by atoms with van der Waals surface area (Å²) in [5, 5.41) is 13.1. The average Bonchev–Trinajstić information content (AvgIpc) is 2.62. The summed E-state index contributed by atoms with van der Waals surface area (Å²) in [5.41, 5.74) is 8.95. The van der Waals surface area contributed by atoms with E-state index in [9.17, 15) is 0 Å². The number of anilines is 1. The van der Waals surface area contributed by atoms with Gasteiger partial charge in [0.2, 0.25) is 0 Å². The van der Waals surface area contributed by atoms with Crippen molar-refractivity contribution >= 4 is 5.69 Å². The zero-order valence-electron chi connectivity index (χ0n) is 9.01. The molecule has 1 heterocycles. The standard InChI is InChI=1S/C12H12N4/c1-9-12(14)7-15-16(9)8-11-5-3-2-4-10(11)6-13/h2-5,7H,8,14H2,1H3. The number of hydrogen-bond acceptors (Lipinski definition) is 3. The molecule has 0 spiro atoms. The molecule has 0 aliphatic rings. The first-order chi connectivity index (χ1) is 7.72. The minimum Gasteiger partial charge on any atom is -0.396 e. The van der Waals surface area contributed by atoms with Crippen molar-refractivity contribution in [2.45, 2.75) is 13.5 Å². The van der Waals surface area contributed by atoms with Gasteiger partial charge in [-0.25, -0.2) is 0 Å². The number of hydrogen-bond donors (Lipinski definition) is 1. The largest absolute Gasteiger partial charge is 0.396 e. The molecule has 0 bridgehead atoms. The summed E-state index contributed by atoms with van der Waals surface area (Å²) in [4.78, 5) is 0. The topological polar surface area (TPSA) is 67.6 Å². The smallest absolute Gasteiger partial charge is 0.0995 e. The molecule has 0 aliphatic heterocycles. The Morgan fingerprint density at radius 2 is 2.19 bits per heavy atom. The van der Waals surface area contributed by atoms with E-state index in [1.54, 1.807) is 16.9 Å². The van der Waals surface area contributed by atoms with E-state index >= 15 is 0 Å². The van der Waals surface area contributed by atoms with Crippen LogP contribution in [0.4, 0.5) is 5.69 Å². The normalized spacial score (nSPS) is 10.0. The lowest BCUT2D eigenvalue weighted by Gasteiger charge is -2.06. The van der Waals surface area contributed by atoms with Gasteiger partial charge in [0.05, 0.1) is 35.8 Å². The van der Waals surface area contributed by atoms with E-state index in [1.807, 2.05) is 25.1 Å². The molecule has 2 aromatic rings. The van der Waals surface area contributed by atoms with Crippen LogP contribution in [0.2, 0.25) is 0 Å². The lowest BCUT2D eigenvalue weighted by Crippen LogP contribution is -2.05. The molecule has 0 fully saturated rings. The number of nitrogens with zero attached hydrogens (tertiary/aromatic N) is 3. The number of nitrogen functional groups attached to an aromatic ring is 1. The Hall–Kier alpha value is -2.28. The first-order valence-corrected chi connectivity index (χ1v) is 4.98. The second-order valence-electron chi connectivity index (χ2n) is 3.61. The van der Waals surface area contributed by atoms with Crippen LogP contribution in [0.5, 0.6) is 0 Å². The summed E-state index contributed by atoms with van der Waals surface area (Å²) in [6.45, 7) is 2.49. The van der Waals surface area contributed by atoms with Crippen LogP contribution in [0.3, 0.4) is 0 Å². The van der Waals surface area contributed by atoms with Gasteiger partial charge in [0.15, 0.2) is 0 Å². The third-order valence-electron chi connectivity index (χ3n) is 2.60. The zero-order chi connectivity index (χ0) is 11.5. The van der Waals surface area contributed by atoms with Crippen molar-refractivity contribution in [3.05, 3.63) is 47.3 Å². The molecule has 80 valence electrons. The molecule has 0 saturated carbocycles. The Morgan fingerprint density at radius 1 is 1.44 bits per heavy atom. The van der Waals surface area contributed by atoms with Gasteiger partial charge < -0.3 is 5.73 Å². The van der Waals surface area contributed by atoms with Gasteiger partial charge in [0.1, 0.15) is 0 Å². The third-order valence-corrected chi connectivity index (χ3v) is 2.60. The highest BCUT2D eigenvalue weighted by Crippen LogP contribution is 2.13. The minimum absolute atomic E-state index is 0.576. The molecule has 16 heavy (non-hydrogen) atoms. The van der Waals surface area contributed by atoms with Gasteiger partial charge >= 0.3 is 0 Å². The fourth-order valence-corrected chi connectivity index (χ4v) is 1.55. The molecular weight excluding hydrogens is 200 g/mol. The maximum absolute atomic E-state index is 8.97. The summed E-state index contributed by atoms with van der Waals surface area (Å²) in [6, 6.07) is 9.67. The summed E-state index contributed by atoms with van der Waals surface area (Å²) < 4.78 is 1.80. The molecule has 0 aliphatic carbocycles. The maximum atomic E-state index is 8.97. The molecule has 0 amide bonds. The average molecular weight is 212 g/mol. The van der Waals surface area contributed by atoms with Crippen LogP contribution in [0.15, 0.2) is 30.5 Å². The van der Waals surface area contributed by atoms with Gasteiger partial charge in [0.25, 0.3) is 0 Å². The first kappa shape index (κ1) is 10.2. The van der Waals surface area contributed by atoms with Gasteiger partial charge in [-0.15, -0.1) is 0 Å². The van der Waals surface area contributed by atoms with Crippen molar-refractivity contribution < 1.29 is 0 Å². The lowest BCUT2D eigenvalue weighted by molar-refractivity contribution is 0.664. The van der Waals surface area contributed by atoms with Crippen molar-refractivity contribution in [3.63, 3.8) is 0 Å². The highest BCUT2D eigenvalue weighted by atomic mass is 15.3. The Bertz CT molecular complexity index is 548. The predicted octanol–water partition coefficient (Wildman–Crippen LogP) is 1.69. The number of benzene rings is 1. The van der Waals surface area contributed by atoms with Gasteiger partial charge in [-0.3, -0.25) is 4.68 Å². The van der Waals surface area contributed by atoms with Crippen LogP contribution in [-0.4, -0.2) is 9.78 Å². The Kier molecular flexibility index (Phi) is 2.61. The van der Waals surface area contributed by atoms with E-state index in [-0.39, 0.29) is 0 Å². The molecule has 2 rings (SSSR count). The Balaban J connectivity index is 2.35. The molecular formula is C12H12N4. The number of aromatic nitrogens is 2. The summed E-state index contributed by atoms with van der Waals surface area (Å²) in [7, 11) is 0. The molecule has 1 aromatic heterocycles. The zero-order valence-corrected chi connectivity index (χ0v) is 9.01.